The van der Waals surface area contributed by atoms with Crippen LogP contribution in [0.15, 0.2) is 0 Å². The minimum Gasteiger partial charge on any atom is -0.0625 e. The lowest BCUT2D eigenvalue weighted by Gasteiger charge is -2.19. The molecule has 2 aliphatic carbocycles. The maximum atomic E-state index is 2.51. The summed E-state index contributed by atoms with van der Waals surface area (Å²) in [6, 6.07) is 0. The van der Waals surface area contributed by atoms with Crippen molar-refractivity contribution < 1.29 is 0 Å². The fourth-order valence-corrected chi connectivity index (χ4v) is 4.44. The molecular weight excluding hydrogens is 216 g/mol. The number of rotatable bonds is 6. The first-order valence-electron chi connectivity index (χ1n) is 8.65. The van der Waals surface area contributed by atoms with Crippen molar-refractivity contribution in [1.29, 1.82) is 0 Å². The monoisotopic (exact) mass is 250 g/mol. The molecule has 3 unspecified atom stereocenters. The van der Waals surface area contributed by atoms with Crippen molar-refractivity contribution in [3.05, 3.63) is 0 Å². The summed E-state index contributed by atoms with van der Waals surface area (Å²) in [5, 5.41) is 0. The van der Waals surface area contributed by atoms with E-state index in [4.69, 9.17) is 0 Å². The molecule has 0 aromatic heterocycles. The van der Waals surface area contributed by atoms with Gasteiger partial charge in [0.15, 0.2) is 0 Å². The highest BCUT2D eigenvalue weighted by Crippen LogP contribution is 2.39. The molecule has 0 nitrogen and oxygen atoms in total. The first kappa shape index (κ1) is 14.4. The fraction of sp³-hybridized carbons (Fsp3) is 1.00. The third-order valence-corrected chi connectivity index (χ3v) is 5.80. The van der Waals surface area contributed by atoms with Crippen LogP contribution >= 0.6 is 0 Å². The average Bonchev–Trinajstić information content (AvgIpc) is 2.96. The average molecular weight is 250 g/mol. The molecule has 0 saturated heterocycles. The maximum absolute atomic E-state index is 2.51. The molecule has 0 amide bonds. The van der Waals surface area contributed by atoms with E-state index >= 15 is 0 Å². The van der Waals surface area contributed by atoms with Crippen molar-refractivity contribution in [3.8, 4) is 0 Å². The van der Waals surface area contributed by atoms with Crippen LogP contribution in [0.1, 0.15) is 85.0 Å². The van der Waals surface area contributed by atoms with Gasteiger partial charge in [-0.3, -0.25) is 0 Å². The Balaban J connectivity index is 1.60. The number of hydrogen-bond acceptors (Lipinski definition) is 0. The van der Waals surface area contributed by atoms with Crippen molar-refractivity contribution in [1.82, 2.24) is 0 Å². The molecule has 0 spiro atoms. The van der Waals surface area contributed by atoms with Crippen molar-refractivity contribution in [2.75, 3.05) is 0 Å². The van der Waals surface area contributed by atoms with Crippen LogP contribution in [-0.4, -0.2) is 0 Å². The molecular formula is C18H34. The third-order valence-electron chi connectivity index (χ3n) is 5.80. The Hall–Kier alpha value is 0. The van der Waals surface area contributed by atoms with Gasteiger partial charge in [-0.25, -0.2) is 0 Å². The van der Waals surface area contributed by atoms with Gasteiger partial charge in [0, 0.05) is 0 Å². The predicted octanol–water partition coefficient (Wildman–Crippen LogP) is 6.06. The van der Waals surface area contributed by atoms with E-state index in [-0.39, 0.29) is 0 Å². The summed E-state index contributed by atoms with van der Waals surface area (Å²) in [5.41, 5.74) is 0. The first-order chi connectivity index (χ1) is 8.65. The largest absolute Gasteiger partial charge is 0.0625 e. The zero-order valence-corrected chi connectivity index (χ0v) is 13.0. The van der Waals surface area contributed by atoms with E-state index in [1.54, 1.807) is 0 Å². The van der Waals surface area contributed by atoms with Gasteiger partial charge >= 0.3 is 0 Å². The lowest BCUT2D eigenvalue weighted by molar-refractivity contribution is 0.323. The van der Waals surface area contributed by atoms with Crippen LogP contribution in [0.3, 0.4) is 0 Å². The van der Waals surface area contributed by atoms with Crippen LogP contribution in [0, 0.1) is 29.6 Å². The molecule has 0 aromatic carbocycles. The molecule has 0 bridgehead atoms. The van der Waals surface area contributed by atoms with E-state index in [0.717, 1.165) is 29.6 Å². The Labute approximate surface area is 115 Å². The molecule has 2 aliphatic rings. The normalized spacial score (nSPS) is 31.3. The van der Waals surface area contributed by atoms with Gasteiger partial charge in [-0.1, -0.05) is 65.7 Å². The van der Waals surface area contributed by atoms with Crippen LogP contribution in [0.5, 0.6) is 0 Å². The van der Waals surface area contributed by atoms with Gasteiger partial charge < -0.3 is 0 Å². The fourth-order valence-electron chi connectivity index (χ4n) is 4.44. The van der Waals surface area contributed by atoms with Crippen molar-refractivity contribution in [2.45, 2.75) is 85.0 Å². The molecule has 0 heteroatoms. The first-order valence-corrected chi connectivity index (χ1v) is 8.65. The van der Waals surface area contributed by atoms with E-state index in [0.29, 0.717) is 0 Å². The minimum atomic E-state index is 0.920. The summed E-state index contributed by atoms with van der Waals surface area (Å²) in [6.45, 7) is 7.34. The summed E-state index contributed by atoms with van der Waals surface area (Å²) in [4.78, 5) is 0. The Morgan fingerprint density at radius 2 is 1.61 bits per heavy atom. The Kier molecular flexibility index (Phi) is 5.57. The number of hydrogen-bond donors (Lipinski definition) is 0. The zero-order valence-electron chi connectivity index (χ0n) is 13.0. The highest BCUT2D eigenvalue weighted by Gasteiger charge is 2.27. The highest BCUT2D eigenvalue weighted by molar-refractivity contribution is 4.79. The second-order valence-corrected chi connectivity index (χ2v) is 7.75. The van der Waals surface area contributed by atoms with Gasteiger partial charge in [-0.2, -0.15) is 0 Å². The summed E-state index contributed by atoms with van der Waals surface area (Å²) in [7, 11) is 0. The van der Waals surface area contributed by atoms with Gasteiger partial charge in [0.2, 0.25) is 0 Å². The smallest absolute Gasteiger partial charge is 0.0388 e. The highest BCUT2D eigenvalue weighted by atomic mass is 14.3. The lowest BCUT2D eigenvalue weighted by Crippen LogP contribution is -2.08. The van der Waals surface area contributed by atoms with Crippen LogP contribution in [0.2, 0.25) is 0 Å². The Bertz CT molecular complexity index is 224. The van der Waals surface area contributed by atoms with Gasteiger partial charge in [-0.15, -0.1) is 0 Å². The summed E-state index contributed by atoms with van der Waals surface area (Å²) >= 11 is 0. The SMILES string of the molecule is CC(CCC1CCCC1)CC1CCC(C(C)C)C1. The minimum absolute atomic E-state index is 0.920. The summed E-state index contributed by atoms with van der Waals surface area (Å²) in [6.07, 6.45) is 15.2. The standard InChI is InChI=1S/C18H34/c1-14(2)18-11-10-17(13-18)12-15(3)8-9-16-6-4-5-7-16/h14-18H,4-13H2,1-3H3. The van der Waals surface area contributed by atoms with Crippen molar-refractivity contribution in [3.63, 3.8) is 0 Å². The molecule has 0 aliphatic heterocycles. The van der Waals surface area contributed by atoms with Crippen LogP contribution in [-0.2, 0) is 0 Å². The topological polar surface area (TPSA) is 0 Å². The molecule has 2 fully saturated rings. The molecule has 0 aromatic rings. The van der Waals surface area contributed by atoms with E-state index < -0.39 is 0 Å². The molecule has 2 rings (SSSR count). The van der Waals surface area contributed by atoms with Gasteiger partial charge in [0.1, 0.15) is 0 Å². The molecule has 0 heterocycles. The maximum Gasteiger partial charge on any atom is -0.0388 e. The molecule has 0 radical (unpaired) electrons. The van der Waals surface area contributed by atoms with E-state index in [1.165, 1.54) is 64.2 Å². The van der Waals surface area contributed by atoms with Crippen LogP contribution < -0.4 is 0 Å². The second-order valence-electron chi connectivity index (χ2n) is 7.75. The van der Waals surface area contributed by atoms with Gasteiger partial charge in [0.25, 0.3) is 0 Å². The molecule has 18 heavy (non-hydrogen) atoms. The van der Waals surface area contributed by atoms with Gasteiger partial charge in [0.05, 0.1) is 0 Å². The van der Waals surface area contributed by atoms with E-state index in [2.05, 4.69) is 20.8 Å². The zero-order chi connectivity index (χ0) is 13.0. The Morgan fingerprint density at radius 1 is 0.889 bits per heavy atom. The molecule has 106 valence electrons. The van der Waals surface area contributed by atoms with Crippen molar-refractivity contribution >= 4 is 0 Å². The second kappa shape index (κ2) is 6.96. The third kappa shape index (κ3) is 4.28. The predicted molar refractivity (Wildman–Crippen MR) is 80.6 cm³/mol. The molecule has 0 N–H and O–H groups in total. The Morgan fingerprint density at radius 3 is 2.22 bits per heavy atom. The van der Waals surface area contributed by atoms with Gasteiger partial charge in [-0.05, 0) is 48.9 Å². The van der Waals surface area contributed by atoms with E-state index in [9.17, 15) is 0 Å². The molecule has 2 saturated carbocycles. The molecule has 3 atom stereocenters. The lowest BCUT2D eigenvalue weighted by atomic mass is 9.87. The summed E-state index contributed by atoms with van der Waals surface area (Å²) in [5.74, 6) is 5.11. The van der Waals surface area contributed by atoms with Crippen molar-refractivity contribution in [2.24, 2.45) is 29.6 Å². The quantitative estimate of drug-likeness (QED) is 0.538. The van der Waals surface area contributed by atoms with E-state index in [1.807, 2.05) is 0 Å². The van der Waals surface area contributed by atoms with Crippen LogP contribution in [0.25, 0.3) is 0 Å². The van der Waals surface area contributed by atoms with Crippen LogP contribution in [0.4, 0.5) is 0 Å². The summed E-state index contributed by atoms with van der Waals surface area (Å²) < 4.78 is 0.